The van der Waals surface area contributed by atoms with Gasteiger partial charge in [-0.25, -0.2) is 4.79 Å². The van der Waals surface area contributed by atoms with Crippen molar-refractivity contribution in [1.82, 2.24) is 4.90 Å². The molecule has 6 nitrogen and oxygen atoms in total. The molecule has 1 heterocycles. The van der Waals surface area contributed by atoms with Crippen LogP contribution < -0.4 is 0 Å². The summed E-state index contributed by atoms with van der Waals surface area (Å²) in [5.74, 6) is -1.02. The molecule has 0 aromatic carbocycles. The van der Waals surface area contributed by atoms with E-state index < -0.39 is 23.3 Å². The predicted molar refractivity (Wildman–Crippen MR) is 64.2 cm³/mol. The second-order valence-electron chi connectivity index (χ2n) is 5.76. The average molecular weight is 259 g/mol. The molecule has 0 saturated carbocycles. The largest absolute Gasteiger partial charge is 0.481 e. The van der Waals surface area contributed by atoms with E-state index >= 15 is 0 Å². The number of carbonyl (C=O) groups excluding carboxylic acids is 1. The highest BCUT2D eigenvalue weighted by atomic mass is 16.6. The Kier molecular flexibility index (Phi) is 4.21. The van der Waals surface area contributed by atoms with Crippen LogP contribution in [0.25, 0.3) is 0 Å². The number of carboxylic acids is 1. The molecule has 0 bridgehead atoms. The van der Waals surface area contributed by atoms with E-state index in [0.29, 0.717) is 13.1 Å². The molecule has 0 unspecified atom stereocenters. The van der Waals surface area contributed by atoms with Crippen molar-refractivity contribution in [2.75, 3.05) is 13.1 Å². The van der Waals surface area contributed by atoms with E-state index in [1.54, 1.807) is 20.8 Å². The van der Waals surface area contributed by atoms with Crippen molar-refractivity contribution in [3.63, 3.8) is 0 Å². The van der Waals surface area contributed by atoms with Crippen LogP contribution >= 0.6 is 0 Å². The van der Waals surface area contributed by atoms with Crippen molar-refractivity contribution in [2.45, 2.75) is 51.2 Å². The van der Waals surface area contributed by atoms with Crippen LogP contribution in [0.1, 0.15) is 40.0 Å². The fourth-order valence-corrected chi connectivity index (χ4v) is 1.89. The zero-order valence-electron chi connectivity index (χ0n) is 11.1. The first kappa shape index (κ1) is 14.8. The molecule has 0 aromatic heterocycles. The first-order chi connectivity index (χ1) is 8.11. The highest BCUT2D eigenvalue weighted by Crippen LogP contribution is 2.26. The lowest BCUT2D eigenvalue weighted by molar-refractivity contribution is -0.144. The predicted octanol–water partition coefficient (Wildman–Crippen LogP) is 1.22. The van der Waals surface area contributed by atoms with Gasteiger partial charge >= 0.3 is 12.1 Å². The molecular formula is C12H21NO5. The standard InChI is InChI=1S/C12H21NO5/c1-11(2,3)18-10(16)13-6-4-12(17,5-7-13)8-9(14)15/h17H,4-8H2,1-3H3,(H,14,15). The summed E-state index contributed by atoms with van der Waals surface area (Å²) in [6.45, 7) is 6.00. The lowest BCUT2D eigenvalue weighted by atomic mass is 9.88. The van der Waals surface area contributed by atoms with E-state index in [9.17, 15) is 14.7 Å². The van der Waals surface area contributed by atoms with Gasteiger partial charge in [0.15, 0.2) is 0 Å². The third-order valence-electron chi connectivity index (χ3n) is 2.83. The molecule has 6 heteroatoms. The van der Waals surface area contributed by atoms with Crippen molar-refractivity contribution >= 4 is 12.1 Å². The second kappa shape index (κ2) is 5.14. The van der Waals surface area contributed by atoms with E-state index in [1.165, 1.54) is 4.90 Å². The summed E-state index contributed by atoms with van der Waals surface area (Å²) < 4.78 is 5.22. The van der Waals surface area contributed by atoms with Crippen LogP contribution in [-0.4, -0.2) is 51.5 Å². The van der Waals surface area contributed by atoms with Gasteiger partial charge in [0.25, 0.3) is 0 Å². The van der Waals surface area contributed by atoms with Gasteiger partial charge in [0.05, 0.1) is 12.0 Å². The minimum Gasteiger partial charge on any atom is -0.481 e. The molecule has 0 atom stereocenters. The number of rotatable bonds is 2. The summed E-state index contributed by atoms with van der Waals surface area (Å²) in [6.07, 6.45) is -0.174. The maximum atomic E-state index is 11.8. The smallest absolute Gasteiger partial charge is 0.410 e. The molecule has 1 aliphatic heterocycles. The van der Waals surface area contributed by atoms with Crippen molar-refractivity contribution < 1.29 is 24.5 Å². The summed E-state index contributed by atoms with van der Waals surface area (Å²) in [6, 6.07) is 0. The Morgan fingerprint density at radius 2 is 1.78 bits per heavy atom. The van der Waals surface area contributed by atoms with Crippen LogP contribution in [0, 0.1) is 0 Å². The number of aliphatic hydroxyl groups is 1. The Morgan fingerprint density at radius 1 is 1.28 bits per heavy atom. The average Bonchev–Trinajstić information content (AvgIpc) is 2.13. The van der Waals surface area contributed by atoms with Crippen molar-refractivity contribution in [3.05, 3.63) is 0 Å². The molecule has 1 aliphatic rings. The number of carboxylic acid groups (broad SMARTS) is 1. The summed E-state index contributed by atoms with van der Waals surface area (Å²) in [7, 11) is 0. The van der Waals surface area contributed by atoms with Crippen LogP contribution in [0.15, 0.2) is 0 Å². The lowest BCUT2D eigenvalue weighted by Gasteiger charge is -2.37. The van der Waals surface area contributed by atoms with Crippen molar-refractivity contribution in [1.29, 1.82) is 0 Å². The van der Waals surface area contributed by atoms with Crippen LogP contribution in [0.2, 0.25) is 0 Å². The normalized spacial score (nSPS) is 19.4. The number of ether oxygens (including phenoxy) is 1. The Labute approximate surface area is 107 Å². The number of hydrogen-bond donors (Lipinski definition) is 2. The molecule has 0 aliphatic carbocycles. The fraction of sp³-hybridized carbons (Fsp3) is 0.833. The van der Waals surface area contributed by atoms with E-state index in [-0.39, 0.29) is 19.3 Å². The summed E-state index contributed by atoms with van der Waals surface area (Å²) in [5.41, 5.74) is -1.75. The van der Waals surface area contributed by atoms with Gasteiger partial charge in [-0.15, -0.1) is 0 Å². The zero-order valence-corrected chi connectivity index (χ0v) is 11.1. The molecule has 18 heavy (non-hydrogen) atoms. The molecular weight excluding hydrogens is 238 g/mol. The van der Waals surface area contributed by atoms with Gasteiger partial charge in [-0.2, -0.15) is 0 Å². The number of piperidine rings is 1. The quantitative estimate of drug-likeness (QED) is 0.778. The Hall–Kier alpha value is -1.30. The molecule has 1 rings (SSSR count). The molecule has 1 amide bonds. The van der Waals surface area contributed by atoms with Crippen LogP contribution in [0.3, 0.4) is 0 Å². The summed E-state index contributed by atoms with van der Waals surface area (Å²) in [5, 5.41) is 18.7. The summed E-state index contributed by atoms with van der Waals surface area (Å²) in [4.78, 5) is 23.9. The number of likely N-dealkylation sites (tertiary alicyclic amines) is 1. The van der Waals surface area contributed by atoms with Gasteiger partial charge in [-0.3, -0.25) is 4.79 Å². The van der Waals surface area contributed by atoms with Crippen LogP contribution in [-0.2, 0) is 9.53 Å². The van der Waals surface area contributed by atoms with Crippen LogP contribution in [0.4, 0.5) is 4.79 Å². The third-order valence-corrected chi connectivity index (χ3v) is 2.83. The van der Waals surface area contributed by atoms with Gasteiger partial charge in [-0.1, -0.05) is 0 Å². The zero-order chi connectivity index (χ0) is 14.0. The third kappa shape index (κ3) is 4.52. The number of aliphatic carboxylic acids is 1. The summed E-state index contributed by atoms with van der Waals surface area (Å²) >= 11 is 0. The van der Waals surface area contributed by atoms with Gasteiger partial charge in [0.1, 0.15) is 5.60 Å². The van der Waals surface area contributed by atoms with E-state index in [2.05, 4.69) is 0 Å². The van der Waals surface area contributed by atoms with E-state index in [0.717, 1.165) is 0 Å². The fourth-order valence-electron chi connectivity index (χ4n) is 1.89. The molecule has 0 spiro atoms. The number of hydrogen-bond acceptors (Lipinski definition) is 4. The van der Waals surface area contributed by atoms with Crippen LogP contribution in [0.5, 0.6) is 0 Å². The van der Waals surface area contributed by atoms with Gasteiger partial charge in [0, 0.05) is 13.1 Å². The lowest BCUT2D eigenvalue weighted by Crippen LogP contribution is -2.48. The molecule has 2 N–H and O–H groups in total. The molecule has 1 fully saturated rings. The Bertz CT molecular complexity index is 326. The number of carbonyl (C=O) groups is 2. The van der Waals surface area contributed by atoms with Crippen molar-refractivity contribution in [2.24, 2.45) is 0 Å². The molecule has 104 valence electrons. The minimum absolute atomic E-state index is 0.262. The van der Waals surface area contributed by atoms with E-state index in [1.807, 2.05) is 0 Å². The molecule has 0 radical (unpaired) electrons. The maximum Gasteiger partial charge on any atom is 0.410 e. The maximum absolute atomic E-state index is 11.8. The number of amides is 1. The van der Waals surface area contributed by atoms with Gasteiger partial charge < -0.3 is 19.8 Å². The van der Waals surface area contributed by atoms with E-state index in [4.69, 9.17) is 9.84 Å². The number of nitrogens with zero attached hydrogens (tertiary/aromatic N) is 1. The topological polar surface area (TPSA) is 87.1 Å². The highest BCUT2D eigenvalue weighted by Gasteiger charge is 2.36. The second-order valence-corrected chi connectivity index (χ2v) is 5.76. The molecule has 0 aromatic rings. The minimum atomic E-state index is -1.20. The van der Waals surface area contributed by atoms with Gasteiger partial charge in [-0.05, 0) is 33.6 Å². The molecule has 1 saturated heterocycles. The SMILES string of the molecule is CC(C)(C)OC(=O)N1CCC(O)(CC(=O)O)CC1. The van der Waals surface area contributed by atoms with Crippen molar-refractivity contribution in [3.8, 4) is 0 Å². The van der Waals surface area contributed by atoms with Gasteiger partial charge in [0.2, 0.25) is 0 Å². The first-order valence-corrected chi connectivity index (χ1v) is 6.03. The Balaban J connectivity index is 2.48. The highest BCUT2D eigenvalue weighted by molar-refractivity contribution is 5.69. The first-order valence-electron chi connectivity index (χ1n) is 6.03. The monoisotopic (exact) mass is 259 g/mol. The Morgan fingerprint density at radius 3 is 2.17 bits per heavy atom.